The Morgan fingerprint density at radius 3 is 2.75 bits per heavy atom. The molecule has 0 amide bonds. The number of methoxy groups -OCH3 is 1. The summed E-state index contributed by atoms with van der Waals surface area (Å²) in [4.78, 5) is 10.9. The highest BCUT2D eigenvalue weighted by molar-refractivity contribution is 5.79. The minimum Gasteiger partial charge on any atom is -0.381 e. The van der Waals surface area contributed by atoms with Gasteiger partial charge in [-0.1, -0.05) is 0 Å². The van der Waals surface area contributed by atoms with Gasteiger partial charge in [-0.15, -0.1) is 0 Å². The van der Waals surface area contributed by atoms with Crippen molar-refractivity contribution in [1.82, 2.24) is 20.1 Å². The Hall–Kier alpha value is -2.54. The number of aryl methyl sites for hydroxylation is 1. The van der Waals surface area contributed by atoms with E-state index < -0.39 is 0 Å². The van der Waals surface area contributed by atoms with Crippen LogP contribution in [0.25, 0.3) is 17.1 Å². The summed E-state index contributed by atoms with van der Waals surface area (Å²) in [5, 5.41) is 6.52. The molecule has 0 saturated heterocycles. The van der Waals surface area contributed by atoms with Gasteiger partial charge in [0.15, 0.2) is 5.82 Å². The van der Waals surface area contributed by atoms with Gasteiger partial charge in [0.25, 0.3) is 0 Å². The maximum Gasteiger partial charge on any atom is 0.158 e. The van der Waals surface area contributed by atoms with Gasteiger partial charge < -0.3 is 9.64 Å². The lowest BCUT2D eigenvalue weighted by molar-refractivity contribution is 0.0531. The van der Waals surface area contributed by atoms with Crippen LogP contribution in [0, 0.1) is 18.7 Å². The van der Waals surface area contributed by atoms with Gasteiger partial charge in [0, 0.05) is 31.6 Å². The molecule has 1 aromatic carbocycles. The fourth-order valence-electron chi connectivity index (χ4n) is 4.13. The van der Waals surface area contributed by atoms with Crippen molar-refractivity contribution in [3.8, 4) is 11.4 Å². The molecule has 0 bridgehead atoms. The number of benzene rings is 1. The van der Waals surface area contributed by atoms with E-state index in [1.165, 1.54) is 19.2 Å². The number of aliphatic imine (C=N–C) groups is 1. The quantitative estimate of drug-likeness (QED) is 0.853. The molecule has 28 heavy (non-hydrogen) atoms. The lowest BCUT2D eigenvalue weighted by Gasteiger charge is -2.32. The molecule has 1 saturated carbocycles. The lowest BCUT2D eigenvalue weighted by atomic mass is 9.87. The lowest BCUT2D eigenvalue weighted by Crippen LogP contribution is -2.32. The average Bonchev–Trinajstić information content (AvgIpc) is 3.25. The van der Waals surface area contributed by atoms with Gasteiger partial charge in [-0.3, -0.25) is 10.1 Å². The zero-order valence-corrected chi connectivity index (χ0v) is 16.4. The molecule has 2 heterocycles. The van der Waals surface area contributed by atoms with Crippen molar-refractivity contribution in [2.24, 2.45) is 10.9 Å². The summed E-state index contributed by atoms with van der Waals surface area (Å²) in [5.41, 5.74) is 2.99. The van der Waals surface area contributed by atoms with Crippen LogP contribution in [0.1, 0.15) is 36.8 Å². The average molecular weight is 383 g/mol. The molecule has 1 fully saturated rings. The first-order valence-corrected chi connectivity index (χ1v) is 9.81. The van der Waals surface area contributed by atoms with E-state index in [-0.39, 0.29) is 5.82 Å². The zero-order valence-electron chi connectivity index (χ0n) is 16.4. The Balaban J connectivity index is 1.50. The standard InChI is InChI=1S/C21H26FN5O/c1-14-9-18(21-24-13-25-26-21)19(22)10-17(14)20-12-27(8-7-23-20)11-15-3-5-16(28-2)6-4-15/h7,9-10,12-13,15-16H,3-6,8,11H2,1-2H3,(H,24,25,26). The van der Waals surface area contributed by atoms with Crippen LogP contribution in [-0.2, 0) is 4.74 Å². The second-order valence-corrected chi connectivity index (χ2v) is 7.64. The Labute approximate surface area is 164 Å². The second kappa shape index (κ2) is 8.22. The first-order chi connectivity index (χ1) is 13.6. The molecule has 1 aliphatic carbocycles. The van der Waals surface area contributed by atoms with Crippen LogP contribution in [0.5, 0.6) is 0 Å². The summed E-state index contributed by atoms with van der Waals surface area (Å²) in [6, 6.07) is 3.34. The van der Waals surface area contributed by atoms with E-state index in [9.17, 15) is 4.39 Å². The molecular weight excluding hydrogens is 357 g/mol. The third kappa shape index (κ3) is 3.99. The van der Waals surface area contributed by atoms with Gasteiger partial charge in [0.1, 0.15) is 12.1 Å². The van der Waals surface area contributed by atoms with E-state index in [4.69, 9.17) is 4.74 Å². The van der Waals surface area contributed by atoms with Crippen LogP contribution in [0.15, 0.2) is 29.7 Å². The molecule has 148 valence electrons. The number of nitrogens with one attached hydrogen (secondary N) is 1. The number of halogens is 1. The molecule has 0 spiro atoms. The fourth-order valence-corrected chi connectivity index (χ4v) is 4.13. The molecule has 4 rings (SSSR count). The van der Waals surface area contributed by atoms with E-state index in [0.717, 1.165) is 42.8 Å². The van der Waals surface area contributed by atoms with Crippen molar-refractivity contribution >= 4 is 11.9 Å². The van der Waals surface area contributed by atoms with Crippen LogP contribution in [0.3, 0.4) is 0 Å². The number of aromatic nitrogens is 3. The fraction of sp³-hybridized carbons (Fsp3) is 0.476. The summed E-state index contributed by atoms with van der Waals surface area (Å²) in [6.07, 6.45) is 10.4. The van der Waals surface area contributed by atoms with Gasteiger partial charge in [-0.05, 0) is 56.2 Å². The van der Waals surface area contributed by atoms with Crippen LogP contribution in [-0.4, -0.2) is 52.6 Å². The van der Waals surface area contributed by atoms with E-state index in [1.807, 2.05) is 13.1 Å². The van der Waals surface area contributed by atoms with Gasteiger partial charge >= 0.3 is 0 Å². The third-order valence-electron chi connectivity index (χ3n) is 5.73. The summed E-state index contributed by atoms with van der Waals surface area (Å²) < 4.78 is 20.2. The molecular formula is C21H26FN5O. The van der Waals surface area contributed by atoms with Crippen LogP contribution < -0.4 is 0 Å². The number of hydrogen-bond donors (Lipinski definition) is 1. The molecule has 1 aliphatic heterocycles. The van der Waals surface area contributed by atoms with E-state index in [2.05, 4.69) is 31.3 Å². The van der Waals surface area contributed by atoms with E-state index in [0.29, 0.717) is 23.4 Å². The maximum absolute atomic E-state index is 14.7. The van der Waals surface area contributed by atoms with Crippen molar-refractivity contribution < 1.29 is 9.13 Å². The number of aromatic amines is 1. The largest absolute Gasteiger partial charge is 0.381 e. The van der Waals surface area contributed by atoms with Crippen LogP contribution in [0.4, 0.5) is 4.39 Å². The van der Waals surface area contributed by atoms with E-state index in [1.54, 1.807) is 19.2 Å². The number of nitrogens with zero attached hydrogens (tertiary/aromatic N) is 4. The van der Waals surface area contributed by atoms with Crippen molar-refractivity contribution in [2.45, 2.75) is 38.7 Å². The highest BCUT2D eigenvalue weighted by Crippen LogP contribution is 2.30. The highest BCUT2D eigenvalue weighted by atomic mass is 19.1. The van der Waals surface area contributed by atoms with Crippen molar-refractivity contribution in [3.05, 3.63) is 41.6 Å². The topological polar surface area (TPSA) is 66.4 Å². The SMILES string of the molecule is COC1CCC(CN2C=C(c3cc(F)c(-c4ncn[nH]4)cc3C)N=CC2)CC1. The molecule has 7 heteroatoms. The zero-order chi connectivity index (χ0) is 19.5. The number of ether oxygens (including phenoxy) is 1. The Bertz CT molecular complexity index is 869. The van der Waals surface area contributed by atoms with Crippen molar-refractivity contribution in [1.29, 1.82) is 0 Å². The first-order valence-electron chi connectivity index (χ1n) is 9.81. The first kappa shape index (κ1) is 18.8. The van der Waals surface area contributed by atoms with Crippen LogP contribution in [0.2, 0.25) is 0 Å². The van der Waals surface area contributed by atoms with E-state index >= 15 is 0 Å². The minimum atomic E-state index is -0.330. The molecule has 1 N–H and O–H groups in total. The van der Waals surface area contributed by atoms with Gasteiger partial charge in [0.2, 0.25) is 0 Å². The number of H-pyrrole nitrogens is 1. The summed E-state index contributed by atoms with van der Waals surface area (Å²) in [5.74, 6) is 0.770. The summed E-state index contributed by atoms with van der Waals surface area (Å²) >= 11 is 0. The molecule has 2 aromatic rings. The molecule has 0 unspecified atom stereocenters. The van der Waals surface area contributed by atoms with Gasteiger partial charge in [-0.2, -0.15) is 5.10 Å². The second-order valence-electron chi connectivity index (χ2n) is 7.64. The summed E-state index contributed by atoms with van der Waals surface area (Å²) in [7, 11) is 1.80. The molecule has 0 atom stereocenters. The number of hydrogen-bond acceptors (Lipinski definition) is 5. The Morgan fingerprint density at radius 2 is 2.04 bits per heavy atom. The molecule has 2 aliphatic rings. The molecule has 6 nitrogen and oxygen atoms in total. The monoisotopic (exact) mass is 383 g/mol. The number of rotatable bonds is 5. The Kier molecular flexibility index (Phi) is 5.52. The maximum atomic E-state index is 14.7. The van der Waals surface area contributed by atoms with Gasteiger partial charge in [-0.25, -0.2) is 9.37 Å². The molecule has 0 radical (unpaired) electrons. The Morgan fingerprint density at radius 1 is 1.21 bits per heavy atom. The highest BCUT2D eigenvalue weighted by Gasteiger charge is 2.23. The third-order valence-corrected chi connectivity index (χ3v) is 5.73. The van der Waals surface area contributed by atoms with Gasteiger partial charge in [0.05, 0.1) is 23.9 Å². The van der Waals surface area contributed by atoms with Crippen LogP contribution >= 0.6 is 0 Å². The normalized spacial score (nSPS) is 22.4. The summed E-state index contributed by atoms with van der Waals surface area (Å²) in [6.45, 7) is 3.77. The van der Waals surface area contributed by atoms with Crippen molar-refractivity contribution in [2.75, 3.05) is 20.2 Å². The predicted molar refractivity (Wildman–Crippen MR) is 107 cm³/mol. The molecule has 1 aromatic heterocycles. The smallest absolute Gasteiger partial charge is 0.158 e. The van der Waals surface area contributed by atoms with Crippen molar-refractivity contribution in [3.63, 3.8) is 0 Å². The predicted octanol–water partition coefficient (Wildman–Crippen LogP) is 3.81. The minimum absolute atomic E-state index is 0.330.